The lowest BCUT2D eigenvalue weighted by Crippen LogP contribution is -2.25. The molecule has 18 heavy (non-hydrogen) atoms. The third-order valence-corrected chi connectivity index (χ3v) is 7.66. The summed E-state index contributed by atoms with van der Waals surface area (Å²) in [6.45, 7) is 5.90. The number of carbonyl (C=O) groups excluding carboxylic acids is 1. The number of benzene rings is 1. The molecule has 1 heterocycles. The third kappa shape index (κ3) is 2.49. The first-order valence-corrected chi connectivity index (χ1v) is 8.27. The average Bonchev–Trinajstić information content (AvgIpc) is 2.27. The summed E-state index contributed by atoms with van der Waals surface area (Å²) in [7, 11) is -2.49. The quantitative estimate of drug-likeness (QED) is 0.721. The van der Waals surface area contributed by atoms with Crippen molar-refractivity contribution < 1.29 is 9.36 Å². The van der Waals surface area contributed by atoms with Crippen LogP contribution in [-0.4, -0.2) is 23.3 Å². The summed E-state index contributed by atoms with van der Waals surface area (Å²) in [5.41, 5.74) is 1.93. The molecule has 2 rings (SSSR count). The molecule has 0 bridgehead atoms. The van der Waals surface area contributed by atoms with Gasteiger partial charge in [-0.2, -0.15) is 0 Å². The maximum absolute atomic E-state index is 13.0. The van der Waals surface area contributed by atoms with Gasteiger partial charge in [0, 0.05) is 11.3 Å². The first-order valence-electron chi connectivity index (χ1n) is 6.19. The monoisotopic (exact) mass is 262 g/mol. The van der Waals surface area contributed by atoms with Crippen molar-refractivity contribution in [1.82, 2.24) is 0 Å². The van der Waals surface area contributed by atoms with Gasteiger partial charge in [-0.1, -0.05) is 51.1 Å². The Balaban J connectivity index is 2.41. The van der Waals surface area contributed by atoms with Gasteiger partial charge in [0.2, 0.25) is 0 Å². The van der Waals surface area contributed by atoms with E-state index in [0.29, 0.717) is 6.16 Å². The van der Waals surface area contributed by atoms with Gasteiger partial charge in [-0.15, -0.1) is 0 Å². The number of ketones is 1. The molecule has 0 saturated heterocycles. The zero-order chi connectivity index (χ0) is 13.4. The average molecular weight is 262 g/mol. The molecule has 0 radical (unpaired) electrons. The van der Waals surface area contributed by atoms with Gasteiger partial charge in [0.25, 0.3) is 0 Å². The molecular formula is C15H19O2P. The zero-order valence-electron chi connectivity index (χ0n) is 11.1. The minimum atomic E-state index is -2.49. The Morgan fingerprint density at radius 2 is 1.67 bits per heavy atom. The van der Waals surface area contributed by atoms with E-state index >= 15 is 0 Å². The molecule has 1 atom stereocenters. The van der Waals surface area contributed by atoms with E-state index in [4.69, 9.17) is 0 Å². The Bertz CT molecular complexity index is 535. The van der Waals surface area contributed by atoms with Gasteiger partial charge in [0.15, 0.2) is 5.78 Å². The highest BCUT2D eigenvalue weighted by atomic mass is 31.2. The van der Waals surface area contributed by atoms with E-state index in [0.717, 1.165) is 11.1 Å². The van der Waals surface area contributed by atoms with Crippen LogP contribution >= 0.6 is 7.14 Å². The van der Waals surface area contributed by atoms with Gasteiger partial charge >= 0.3 is 0 Å². The largest absolute Gasteiger partial charge is 0.322 e. The van der Waals surface area contributed by atoms with Crippen molar-refractivity contribution in [2.24, 2.45) is 0 Å². The second-order valence-corrected chi connectivity index (χ2v) is 9.63. The van der Waals surface area contributed by atoms with Gasteiger partial charge in [0.1, 0.15) is 7.14 Å². The fraction of sp³-hybridized carbons (Fsp3) is 0.400. The van der Waals surface area contributed by atoms with Crippen molar-refractivity contribution in [2.75, 3.05) is 12.3 Å². The molecule has 0 N–H and O–H groups in total. The summed E-state index contributed by atoms with van der Waals surface area (Å²) in [6, 6.07) is 9.77. The molecule has 0 amide bonds. The number of carbonyl (C=O) groups is 1. The Morgan fingerprint density at radius 3 is 2.22 bits per heavy atom. The summed E-state index contributed by atoms with van der Waals surface area (Å²) >= 11 is 0. The van der Waals surface area contributed by atoms with Gasteiger partial charge in [-0.05, 0) is 17.2 Å². The molecule has 1 aromatic rings. The SMILES string of the molecule is CC(C)(C)P1(=O)CC(=O)C=C(c2ccccc2)C1. The third-order valence-electron chi connectivity index (χ3n) is 3.54. The lowest BCUT2D eigenvalue weighted by atomic mass is 10.1. The van der Waals surface area contributed by atoms with Crippen LogP contribution in [0, 0.1) is 0 Å². The summed E-state index contributed by atoms with van der Waals surface area (Å²) in [5.74, 6) is -0.00152. The second-order valence-electron chi connectivity index (χ2n) is 5.88. The maximum Gasteiger partial charge on any atom is 0.163 e. The Kier molecular flexibility index (Phi) is 3.33. The van der Waals surface area contributed by atoms with E-state index in [1.54, 1.807) is 6.08 Å². The molecule has 0 aliphatic carbocycles. The van der Waals surface area contributed by atoms with E-state index in [9.17, 15) is 9.36 Å². The predicted molar refractivity (Wildman–Crippen MR) is 76.5 cm³/mol. The van der Waals surface area contributed by atoms with Crippen LogP contribution in [0.15, 0.2) is 36.4 Å². The topological polar surface area (TPSA) is 34.1 Å². The van der Waals surface area contributed by atoms with Crippen LogP contribution < -0.4 is 0 Å². The van der Waals surface area contributed by atoms with Gasteiger partial charge in [0.05, 0.1) is 6.16 Å². The van der Waals surface area contributed by atoms with Crippen molar-refractivity contribution in [3.63, 3.8) is 0 Å². The van der Waals surface area contributed by atoms with E-state index in [1.165, 1.54) is 0 Å². The Hall–Kier alpha value is -1.14. The highest BCUT2D eigenvalue weighted by Gasteiger charge is 2.40. The summed E-state index contributed by atoms with van der Waals surface area (Å²) in [5, 5.41) is -0.309. The van der Waals surface area contributed by atoms with Gasteiger partial charge < -0.3 is 4.57 Å². The van der Waals surface area contributed by atoms with Crippen LogP contribution in [0.25, 0.3) is 5.57 Å². The van der Waals surface area contributed by atoms with Crippen LogP contribution in [0.4, 0.5) is 0 Å². The summed E-state index contributed by atoms with van der Waals surface area (Å²) in [4.78, 5) is 11.9. The number of allylic oxidation sites excluding steroid dienone is 2. The number of hydrogen-bond donors (Lipinski definition) is 0. The van der Waals surface area contributed by atoms with Crippen LogP contribution in [0.1, 0.15) is 26.3 Å². The van der Waals surface area contributed by atoms with Crippen molar-refractivity contribution >= 4 is 18.5 Å². The highest BCUT2D eigenvalue weighted by Crippen LogP contribution is 2.61. The first-order chi connectivity index (χ1) is 8.32. The van der Waals surface area contributed by atoms with E-state index in [-0.39, 0.29) is 17.1 Å². The van der Waals surface area contributed by atoms with Gasteiger partial charge in [-0.3, -0.25) is 4.79 Å². The second kappa shape index (κ2) is 4.51. The van der Waals surface area contributed by atoms with Crippen LogP contribution in [0.3, 0.4) is 0 Å². The summed E-state index contributed by atoms with van der Waals surface area (Å²) in [6.07, 6.45) is 2.41. The fourth-order valence-electron chi connectivity index (χ4n) is 2.17. The normalized spacial score (nSPS) is 24.8. The zero-order valence-corrected chi connectivity index (χ0v) is 12.0. The lowest BCUT2D eigenvalue weighted by Gasteiger charge is -2.34. The molecule has 0 aromatic heterocycles. The van der Waals surface area contributed by atoms with Crippen LogP contribution in [-0.2, 0) is 9.36 Å². The summed E-state index contributed by atoms with van der Waals surface area (Å²) < 4.78 is 13.0. The highest BCUT2D eigenvalue weighted by molar-refractivity contribution is 7.67. The molecule has 1 unspecified atom stereocenters. The molecule has 1 aromatic carbocycles. The Labute approximate surface area is 108 Å². The van der Waals surface area contributed by atoms with Crippen LogP contribution in [0.2, 0.25) is 0 Å². The first kappa shape index (κ1) is 13.3. The minimum absolute atomic E-state index is 0.00152. The van der Waals surface area contributed by atoms with Gasteiger partial charge in [-0.25, -0.2) is 0 Å². The Morgan fingerprint density at radius 1 is 1.06 bits per heavy atom. The van der Waals surface area contributed by atoms with Crippen molar-refractivity contribution in [3.8, 4) is 0 Å². The molecule has 0 spiro atoms. The fourth-order valence-corrected chi connectivity index (χ4v) is 4.65. The van der Waals surface area contributed by atoms with E-state index in [2.05, 4.69) is 0 Å². The van der Waals surface area contributed by atoms with Crippen molar-refractivity contribution in [2.45, 2.75) is 25.9 Å². The standard InChI is InChI=1S/C15H19O2P/c1-15(2,3)18(17)10-13(9-14(16)11-18)12-7-5-4-6-8-12/h4-9H,10-11H2,1-3H3. The smallest absolute Gasteiger partial charge is 0.163 e. The molecule has 0 saturated carbocycles. The number of rotatable bonds is 1. The molecule has 1 aliphatic rings. The molecule has 3 heteroatoms. The number of hydrogen-bond acceptors (Lipinski definition) is 2. The molecule has 1 aliphatic heterocycles. The lowest BCUT2D eigenvalue weighted by molar-refractivity contribution is -0.112. The molecular weight excluding hydrogens is 243 g/mol. The maximum atomic E-state index is 13.0. The predicted octanol–water partition coefficient (Wildman–Crippen LogP) is 3.81. The van der Waals surface area contributed by atoms with Crippen molar-refractivity contribution in [1.29, 1.82) is 0 Å². The van der Waals surface area contributed by atoms with Crippen molar-refractivity contribution in [3.05, 3.63) is 42.0 Å². The molecule has 96 valence electrons. The molecule has 2 nitrogen and oxygen atoms in total. The molecule has 0 fully saturated rings. The minimum Gasteiger partial charge on any atom is -0.322 e. The van der Waals surface area contributed by atoms with Crippen LogP contribution in [0.5, 0.6) is 0 Å². The van der Waals surface area contributed by atoms with E-state index in [1.807, 2.05) is 51.1 Å². The van der Waals surface area contributed by atoms with E-state index < -0.39 is 7.14 Å².